The Morgan fingerprint density at radius 3 is 2.31 bits per heavy atom. The molecule has 2 heterocycles. The zero-order valence-electron chi connectivity index (χ0n) is 20.6. The Labute approximate surface area is 222 Å². The van der Waals surface area contributed by atoms with Gasteiger partial charge in [-0.1, -0.05) is 18.2 Å². The number of halogens is 2. The summed E-state index contributed by atoms with van der Waals surface area (Å²) in [6.45, 7) is 0. The van der Waals surface area contributed by atoms with E-state index in [-0.39, 0.29) is 23.5 Å². The molecule has 39 heavy (non-hydrogen) atoms. The number of nitrogens with one attached hydrogen (secondary N) is 2. The maximum absolute atomic E-state index is 14.0. The number of amides is 2. The van der Waals surface area contributed by atoms with E-state index in [1.54, 1.807) is 30.3 Å². The van der Waals surface area contributed by atoms with Crippen molar-refractivity contribution in [1.29, 1.82) is 5.26 Å². The van der Waals surface area contributed by atoms with Crippen molar-refractivity contribution in [2.24, 2.45) is 0 Å². The molecule has 11 heteroatoms. The molecule has 0 saturated heterocycles. The first-order valence-electron chi connectivity index (χ1n) is 12.5. The maximum Gasteiger partial charge on any atom is 0.287 e. The largest absolute Gasteiger partial charge is 0.451 e. The van der Waals surface area contributed by atoms with Crippen molar-refractivity contribution in [3.05, 3.63) is 59.2 Å². The lowest BCUT2D eigenvalue weighted by molar-refractivity contribution is -0.133. The first-order valence-corrected chi connectivity index (χ1v) is 14.0. The first kappa shape index (κ1) is 25.2. The lowest BCUT2D eigenvalue weighted by atomic mass is 9.78. The Hall–Kier alpha value is -4.04. The Kier molecular flexibility index (Phi) is 5.49. The summed E-state index contributed by atoms with van der Waals surface area (Å²) in [6.07, 6.45) is 0.798. The summed E-state index contributed by atoms with van der Waals surface area (Å²) in [4.78, 5) is 26.7. The molecule has 2 N–H and O–H groups in total. The molecule has 6 rings (SSSR count). The van der Waals surface area contributed by atoms with Crippen molar-refractivity contribution < 1.29 is 31.2 Å². The molecule has 200 valence electrons. The highest BCUT2D eigenvalue weighted by atomic mass is 32.2. The molecule has 2 aliphatic carbocycles. The molecule has 0 spiro atoms. The van der Waals surface area contributed by atoms with Crippen molar-refractivity contribution in [3.8, 4) is 17.2 Å². The van der Waals surface area contributed by atoms with E-state index in [9.17, 15) is 32.0 Å². The number of nitriles is 1. The highest BCUT2D eigenvalue weighted by Gasteiger charge is 2.53. The van der Waals surface area contributed by atoms with Crippen LogP contribution in [0, 0.1) is 11.3 Å². The third-order valence-corrected chi connectivity index (χ3v) is 9.24. The van der Waals surface area contributed by atoms with Crippen LogP contribution >= 0.6 is 0 Å². The Balaban J connectivity index is 1.26. The van der Waals surface area contributed by atoms with Gasteiger partial charge in [0.15, 0.2) is 15.6 Å². The van der Waals surface area contributed by atoms with Crippen LogP contribution < -0.4 is 10.6 Å². The highest BCUT2D eigenvalue weighted by molar-refractivity contribution is 7.94. The van der Waals surface area contributed by atoms with Crippen molar-refractivity contribution >= 4 is 38.7 Å². The van der Waals surface area contributed by atoms with Crippen LogP contribution in [0.15, 0.2) is 57.2 Å². The van der Waals surface area contributed by atoms with E-state index >= 15 is 0 Å². The molecule has 1 aliphatic heterocycles. The Morgan fingerprint density at radius 2 is 1.62 bits per heavy atom. The molecule has 2 saturated carbocycles. The zero-order valence-corrected chi connectivity index (χ0v) is 21.4. The van der Waals surface area contributed by atoms with E-state index in [0.29, 0.717) is 29.4 Å². The molecule has 2 aromatic carbocycles. The van der Waals surface area contributed by atoms with Gasteiger partial charge in [-0.15, -0.1) is 0 Å². The van der Waals surface area contributed by atoms with Gasteiger partial charge in [-0.05, 0) is 72.7 Å². The van der Waals surface area contributed by atoms with E-state index in [1.807, 2.05) is 6.07 Å². The summed E-state index contributed by atoms with van der Waals surface area (Å²) in [6, 6.07) is 13.8. The average Bonchev–Trinajstić information content (AvgIpc) is 3.43. The van der Waals surface area contributed by atoms with Crippen LogP contribution in [0.2, 0.25) is 0 Å². The number of sulfone groups is 1. The quantitative estimate of drug-likeness (QED) is 0.473. The van der Waals surface area contributed by atoms with Crippen LogP contribution in [-0.4, -0.2) is 37.2 Å². The number of furan rings is 1. The van der Waals surface area contributed by atoms with E-state index in [0.717, 1.165) is 16.5 Å². The molecule has 3 aliphatic rings. The van der Waals surface area contributed by atoms with Crippen molar-refractivity contribution in [2.45, 2.75) is 60.4 Å². The maximum atomic E-state index is 14.0. The zero-order chi connectivity index (χ0) is 27.6. The van der Waals surface area contributed by atoms with E-state index in [1.165, 1.54) is 12.1 Å². The topological polar surface area (TPSA) is 129 Å². The number of alkyl halides is 2. The first-order chi connectivity index (χ1) is 18.4. The number of carbonyl (C=O) groups excluding carboxylic acids is 2. The van der Waals surface area contributed by atoms with Gasteiger partial charge < -0.3 is 15.1 Å². The summed E-state index contributed by atoms with van der Waals surface area (Å²) in [5.41, 5.74) is -0.143. The van der Waals surface area contributed by atoms with Crippen LogP contribution in [0.3, 0.4) is 0 Å². The van der Waals surface area contributed by atoms with Crippen LogP contribution in [0.1, 0.15) is 54.6 Å². The Bertz CT molecular complexity index is 1720. The average molecular weight is 552 g/mol. The van der Waals surface area contributed by atoms with Crippen molar-refractivity contribution in [1.82, 2.24) is 10.6 Å². The molecule has 0 atom stereocenters. The third-order valence-electron chi connectivity index (χ3n) is 7.76. The second-order valence-electron chi connectivity index (χ2n) is 10.5. The third kappa shape index (κ3) is 4.48. The summed E-state index contributed by atoms with van der Waals surface area (Å²) in [5.74, 6) is -4.38. The van der Waals surface area contributed by atoms with Crippen LogP contribution in [-0.2, 0) is 14.6 Å². The second-order valence-corrected chi connectivity index (χ2v) is 12.3. The molecular weight excluding hydrogens is 528 g/mol. The van der Waals surface area contributed by atoms with Gasteiger partial charge in [0.1, 0.15) is 16.7 Å². The summed E-state index contributed by atoms with van der Waals surface area (Å²) < 4.78 is 57.8. The lowest BCUT2D eigenvalue weighted by Crippen LogP contribution is -2.62. The number of hydrogen-bond donors (Lipinski definition) is 2. The molecule has 0 bridgehead atoms. The fourth-order valence-corrected chi connectivity index (χ4v) is 6.32. The van der Waals surface area contributed by atoms with Crippen LogP contribution in [0.4, 0.5) is 8.78 Å². The molecular formula is C28H23F2N3O5S. The van der Waals surface area contributed by atoms with Crippen LogP contribution in [0.5, 0.6) is 0 Å². The van der Waals surface area contributed by atoms with Gasteiger partial charge in [0, 0.05) is 23.6 Å². The van der Waals surface area contributed by atoms with Crippen LogP contribution in [0.25, 0.3) is 28.2 Å². The van der Waals surface area contributed by atoms with Gasteiger partial charge in [-0.3, -0.25) is 9.59 Å². The number of fused-ring (bicyclic) bond motifs is 2. The van der Waals surface area contributed by atoms with Crippen molar-refractivity contribution in [2.75, 3.05) is 0 Å². The Morgan fingerprint density at radius 1 is 0.923 bits per heavy atom. The molecule has 2 fully saturated rings. The minimum atomic E-state index is -3.41. The molecule has 8 nitrogen and oxygen atoms in total. The monoisotopic (exact) mass is 551 g/mol. The van der Waals surface area contributed by atoms with Gasteiger partial charge in [0.25, 0.3) is 5.91 Å². The minimum Gasteiger partial charge on any atom is -0.451 e. The van der Waals surface area contributed by atoms with Crippen molar-refractivity contribution in [3.63, 3.8) is 0 Å². The van der Waals surface area contributed by atoms with E-state index in [2.05, 4.69) is 16.7 Å². The van der Waals surface area contributed by atoms with Gasteiger partial charge in [0.2, 0.25) is 11.8 Å². The minimum absolute atomic E-state index is 0.0870. The predicted molar refractivity (Wildman–Crippen MR) is 137 cm³/mol. The predicted octanol–water partition coefficient (Wildman–Crippen LogP) is 4.71. The normalized spacial score (nSPS) is 21.1. The second kappa shape index (κ2) is 8.48. The van der Waals surface area contributed by atoms with Gasteiger partial charge in [0.05, 0.1) is 11.0 Å². The van der Waals surface area contributed by atoms with E-state index in [4.69, 9.17) is 4.42 Å². The molecule has 0 unspecified atom stereocenters. The molecule has 1 aromatic heterocycles. The number of rotatable bonds is 5. The highest BCUT2D eigenvalue weighted by Crippen LogP contribution is 2.41. The van der Waals surface area contributed by atoms with Gasteiger partial charge in [-0.2, -0.15) is 5.26 Å². The van der Waals surface area contributed by atoms with Gasteiger partial charge >= 0.3 is 0 Å². The fraction of sp³-hybridized carbons (Fsp3) is 0.321. The number of hydrogen-bond acceptors (Lipinski definition) is 6. The lowest BCUT2D eigenvalue weighted by Gasteiger charge is -2.39. The summed E-state index contributed by atoms with van der Waals surface area (Å²) >= 11 is 0. The summed E-state index contributed by atoms with van der Waals surface area (Å²) in [5, 5.41) is 16.4. The molecule has 0 radical (unpaired) electrons. The standard InChI is InChI=1S/C28H23F2N3O5S/c29-28(30)10-8-27(9-11-28,25(35)33-26(16-31)6-7-26)32-24(34)22-15-19-2-1-18(14-21(19)38-22)17-3-4-23-20(13-17)5-12-39(23,36)37/h1-5,12-15H,6-11H2,(H,32,34)(H,33,35). The van der Waals surface area contributed by atoms with E-state index < -0.39 is 51.5 Å². The molecule has 2 amide bonds. The number of carbonyl (C=O) groups is 2. The summed E-state index contributed by atoms with van der Waals surface area (Å²) in [7, 11) is -3.41. The molecule has 3 aromatic rings. The SMILES string of the molecule is N#CC1(NC(=O)C2(NC(=O)c3cc4ccc(-c5ccc6c(c5)C=CS6(=O)=O)cc4o3)CCC(F)(F)CC2)CC1. The smallest absolute Gasteiger partial charge is 0.287 e. The number of benzene rings is 2. The number of nitrogens with zero attached hydrogens (tertiary/aromatic N) is 1. The van der Waals surface area contributed by atoms with Gasteiger partial charge in [-0.25, -0.2) is 17.2 Å². The fourth-order valence-electron chi connectivity index (χ4n) is 5.13.